The van der Waals surface area contributed by atoms with Crippen molar-refractivity contribution in [1.82, 2.24) is 4.98 Å². The number of rotatable bonds is 6. The molecule has 0 fully saturated rings. The highest BCUT2D eigenvalue weighted by Gasteiger charge is 2.08. The maximum absolute atomic E-state index is 13.3. The van der Waals surface area contributed by atoms with Crippen molar-refractivity contribution < 1.29 is 4.39 Å². The molecule has 0 saturated heterocycles. The molecule has 25 heavy (non-hydrogen) atoms. The monoisotopic (exact) mass is 334 g/mol. The molecule has 1 aromatic heterocycles. The van der Waals surface area contributed by atoms with Gasteiger partial charge in [-0.3, -0.25) is 4.98 Å². The lowest BCUT2D eigenvalue weighted by Gasteiger charge is -2.11. The van der Waals surface area contributed by atoms with Crippen LogP contribution in [-0.2, 0) is 19.4 Å². The molecular weight excluding hydrogens is 311 g/mol. The predicted octanol–water partition coefficient (Wildman–Crippen LogP) is 4.83. The lowest BCUT2D eigenvalue weighted by molar-refractivity contribution is 0.624. The molecule has 2 aromatic carbocycles. The molecule has 3 aromatic rings. The molecule has 0 amide bonds. The highest BCUT2D eigenvalue weighted by molar-refractivity contribution is 5.64. The van der Waals surface area contributed by atoms with Crippen molar-refractivity contribution >= 4 is 0 Å². The van der Waals surface area contributed by atoms with E-state index in [0.29, 0.717) is 6.54 Å². The molecule has 2 N–H and O–H groups in total. The molecule has 0 unspecified atom stereocenters. The Morgan fingerprint density at radius 3 is 2.60 bits per heavy atom. The van der Waals surface area contributed by atoms with Gasteiger partial charge in [0.15, 0.2) is 0 Å². The summed E-state index contributed by atoms with van der Waals surface area (Å²) in [4.78, 5) is 4.87. The second-order valence-electron chi connectivity index (χ2n) is 6.30. The number of nitrogens with two attached hydrogens (primary N) is 1. The number of halogens is 1. The first-order chi connectivity index (χ1) is 12.2. The molecule has 0 radical (unpaired) electrons. The smallest absolute Gasteiger partial charge is 0.123 e. The zero-order valence-electron chi connectivity index (χ0n) is 14.5. The van der Waals surface area contributed by atoms with Crippen LogP contribution in [0.1, 0.15) is 28.8 Å². The lowest BCUT2D eigenvalue weighted by Crippen LogP contribution is -2.02. The van der Waals surface area contributed by atoms with Crippen molar-refractivity contribution in [3.63, 3.8) is 0 Å². The Bertz CT molecular complexity index is 858. The van der Waals surface area contributed by atoms with Crippen LogP contribution in [0.25, 0.3) is 11.3 Å². The van der Waals surface area contributed by atoms with Crippen molar-refractivity contribution in [2.24, 2.45) is 5.73 Å². The Morgan fingerprint density at radius 2 is 1.80 bits per heavy atom. The first-order valence-electron chi connectivity index (χ1n) is 8.66. The Hall–Kier alpha value is -2.52. The summed E-state index contributed by atoms with van der Waals surface area (Å²) in [6.07, 6.45) is 2.67. The van der Waals surface area contributed by atoms with Crippen LogP contribution in [0.2, 0.25) is 0 Å². The van der Waals surface area contributed by atoms with Gasteiger partial charge in [-0.1, -0.05) is 42.5 Å². The zero-order chi connectivity index (χ0) is 17.6. The first-order valence-corrected chi connectivity index (χ1v) is 8.66. The van der Waals surface area contributed by atoms with Gasteiger partial charge in [-0.25, -0.2) is 4.39 Å². The first kappa shape index (κ1) is 17.3. The number of hydrogen-bond donors (Lipinski definition) is 1. The van der Waals surface area contributed by atoms with Gasteiger partial charge in [0.25, 0.3) is 0 Å². The van der Waals surface area contributed by atoms with Gasteiger partial charge in [0.2, 0.25) is 0 Å². The number of aryl methyl sites for hydroxylation is 3. The van der Waals surface area contributed by atoms with Gasteiger partial charge in [-0.15, -0.1) is 0 Å². The van der Waals surface area contributed by atoms with Crippen LogP contribution in [-0.4, -0.2) is 4.98 Å². The summed E-state index contributed by atoms with van der Waals surface area (Å²) in [5, 5.41) is 0. The van der Waals surface area contributed by atoms with E-state index < -0.39 is 0 Å². The molecule has 0 aliphatic rings. The molecule has 0 aliphatic carbocycles. The van der Waals surface area contributed by atoms with Crippen LogP contribution < -0.4 is 5.73 Å². The second-order valence-corrected chi connectivity index (χ2v) is 6.30. The van der Waals surface area contributed by atoms with E-state index in [0.717, 1.165) is 47.3 Å². The topological polar surface area (TPSA) is 38.9 Å². The highest BCUT2D eigenvalue weighted by atomic mass is 19.1. The van der Waals surface area contributed by atoms with Crippen LogP contribution in [0.4, 0.5) is 4.39 Å². The summed E-state index contributed by atoms with van der Waals surface area (Å²) in [7, 11) is 0. The quantitative estimate of drug-likeness (QED) is 0.701. The van der Waals surface area contributed by atoms with E-state index in [2.05, 4.69) is 25.1 Å². The van der Waals surface area contributed by atoms with E-state index in [1.54, 1.807) is 12.1 Å². The molecule has 2 nitrogen and oxygen atoms in total. The summed E-state index contributed by atoms with van der Waals surface area (Å²) in [6.45, 7) is 2.59. The second kappa shape index (κ2) is 8.04. The van der Waals surface area contributed by atoms with Gasteiger partial charge >= 0.3 is 0 Å². The summed E-state index contributed by atoms with van der Waals surface area (Å²) in [6, 6.07) is 19.1. The van der Waals surface area contributed by atoms with E-state index in [1.165, 1.54) is 11.6 Å². The third-order valence-corrected chi connectivity index (χ3v) is 4.48. The van der Waals surface area contributed by atoms with E-state index in [9.17, 15) is 4.39 Å². The molecule has 0 atom stereocenters. The molecule has 128 valence electrons. The van der Waals surface area contributed by atoms with Crippen molar-refractivity contribution in [3.8, 4) is 11.3 Å². The van der Waals surface area contributed by atoms with Crippen LogP contribution in [0.15, 0.2) is 60.7 Å². The number of aromatic nitrogens is 1. The maximum atomic E-state index is 13.3. The largest absolute Gasteiger partial charge is 0.326 e. The predicted molar refractivity (Wildman–Crippen MR) is 101 cm³/mol. The summed E-state index contributed by atoms with van der Waals surface area (Å²) in [5.41, 5.74) is 12.3. The van der Waals surface area contributed by atoms with E-state index >= 15 is 0 Å². The van der Waals surface area contributed by atoms with Crippen LogP contribution in [0.5, 0.6) is 0 Å². The normalized spacial score (nSPS) is 10.8. The Morgan fingerprint density at radius 1 is 0.960 bits per heavy atom. The average molecular weight is 334 g/mol. The van der Waals surface area contributed by atoms with Gasteiger partial charge in [0.05, 0.1) is 5.69 Å². The minimum atomic E-state index is -0.174. The third kappa shape index (κ3) is 4.31. The van der Waals surface area contributed by atoms with Crippen LogP contribution in [0.3, 0.4) is 0 Å². The van der Waals surface area contributed by atoms with Crippen molar-refractivity contribution in [3.05, 3.63) is 88.9 Å². The third-order valence-electron chi connectivity index (χ3n) is 4.48. The number of benzene rings is 2. The van der Waals surface area contributed by atoms with E-state index in [4.69, 9.17) is 10.7 Å². The molecule has 0 saturated carbocycles. The average Bonchev–Trinajstić information content (AvgIpc) is 2.63. The Labute approximate surface area is 148 Å². The summed E-state index contributed by atoms with van der Waals surface area (Å²) >= 11 is 0. The minimum absolute atomic E-state index is 0.174. The molecule has 0 aliphatic heterocycles. The fraction of sp³-hybridized carbons (Fsp3) is 0.227. The van der Waals surface area contributed by atoms with Gasteiger partial charge in [-0.2, -0.15) is 0 Å². The van der Waals surface area contributed by atoms with Crippen molar-refractivity contribution in [1.29, 1.82) is 0 Å². The minimum Gasteiger partial charge on any atom is -0.326 e. The molecular formula is C22H23FN2. The number of nitrogens with zero attached hydrogens (tertiary/aromatic N) is 1. The summed E-state index contributed by atoms with van der Waals surface area (Å²) in [5.74, 6) is -0.174. The van der Waals surface area contributed by atoms with Gasteiger partial charge < -0.3 is 5.73 Å². The Balaban J connectivity index is 1.75. The molecule has 0 spiro atoms. The van der Waals surface area contributed by atoms with Gasteiger partial charge in [0.1, 0.15) is 5.82 Å². The van der Waals surface area contributed by atoms with Gasteiger partial charge in [-0.05, 0) is 61.1 Å². The molecule has 1 heterocycles. The zero-order valence-corrected chi connectivity index (χ0v) is 14.5. The van der Waals surface area contributed by atoms with Crippen LogP contribution in [0, 0.1) is 12.7 Å². The van der Waals surface area contributed by atoms with Crippen LogP contribution >= 0.6 is 0 Å². The van der Waals surface area contributed by atoms with Crippen molar-refractivity contribution in [2.75, 3.05) is 0 Å². The maximum Gasteiger partial charge on any atom is 0.123 e. The SMILES string of the molecule is Cc1ccc(-c2ccccc2CN)nc1CCCc1cccc(F)c1. The highest BCUT2D eigenvalue weighted by Crippen LogP contribution is 2.23. The molecule has 3 rings (SSSR count). The Kier molecular flexibility index (Phi) is 5.56. The fourth-order valence-corrected chi connectivity index (χ4v) is 3.07. The standard InChI is InChI=1S/C22H23FN2/c1-16-12-13-22(20-10-3-2-8-18(20)15-24)25-21(16)11-5-7-17-6-4-9-19(23)14-17/h2-4,6,8-10,12-14H,5,7,11,15,24H2,1H3. The van der Waals surface area contributed by atoms with E-state index in [-0.39, 0.29) is 5.82 Å². The number of hydrogen-bond acceptors (Lipinski definition) is 2. The van der Waals surface area contributed by atoms with Crippen molar-refractivity contribution in [2.45, 2.75) is 32.7 Å². The molecule has 0 bridgehead atoms. The van der Waals surface area contributed by atoms with Gasteiger partial charge in [0, 0.05) is 17.8 Å². The van der Waals surface area contributed by atoms with E-state index in [1.807, 2.05) is 24.3 Å². The fourth-order valence-electron chi connectivity index (χ4n) is 3.07. The molecule has 3 heteroatoms. The number of pyridine rings is 1. The lowest BCUT2D eigenvalue weighted by atomic mass is 10.0. The summed E-state index contributed by atoms with van der Waals surface area (Å²) < 4.78 is 13.3.